The Morgan fingerprint density at radius 3 is 2.67 bits per heavy atom. The molecule has 0 spiro atoms. The summed E-state index contributed by atoms with van der Waals surface area (Å²) < 4.78 is 1.68. The quantitative estimate of drug-likeness (QED) is 0.739. The first kappa shape index (κ1) is 13.6. The molecule has 0 bridgehead atoms. The minimum atomic E-state index is -0.167. The number of hydrogen-bond acceptors (Lipinski definition) is 3. The van der Waals surface area contributed by atoms with Crippen molar-refractivity contribution in [2.45, 2.75) is 13.0 Å². The molecular weight excluding hydrogens is 286 g/mol. The summed E-state index contributed by atoms with van der Waals surface area (Å²) in [5.74, 6) is 0. The second kappa shape index (κ2) is 5.22. The van der Waals surface area contributed by atoms with Gasteiger partial charge in [-0.1, -0.05) is 41.9 Å². The Bertz CT molecular complexity index is 859. The molecule has 0 aliphatic carbocycles. The zero-order valence-electron chi connectivity index (χ0n) is 11.5. The molecule has 0 fully saturated rings. The topological polar surface area (TPSA) is 60.9 Å². The highest BCUT2D eigenvalue weighted by Crippen LogP contribution is 2.26. The maximum absolute atomic E-state index is 12.3. The first-order valence-electron chi connectivity index (χ1n) is 6.59. The van der Waals surface area contributed by atoms with Gasteiger partial charge in [-0.2, -0.15) is 0 Å². The molecule has 4 nitrogen and oxygen atoms in total. The van der Waals surface area contributed by atoms with Crippen LogP contribution >= 0.6 is 11.6 Å². The average molecular weight is 300 g/mol. The van der Waals surface area contributed by atoms with Gasteiger partial charge in [0.05, 0.1) is 34.0 Å². The molecule has 5 heteroatoms. The molecular formula is C16H14ClN3O. The summed E-state index contributed by atoms with van der Waals surface area (Å²) in [6, 6.07) is 13.1. The van der Waals surface area contributed by atoms with E-state index in [4.69, 9.17) is 17.3 Å². The van der Waals surface area contributed by atoms with Crippen molar-refractivity contribution in [2.75, 3.05) is 5.73 Å². The number of rotatable bonds is 2. The highest BCUT2D eigenvalue weighted by Gasteiger charge is 2.14. The molecule has 1 aromatic heterocycles. The third-order valence-electron chi connectivity index (χ3n) is 3.57. The van der Waals surface area contributed by atoms with Crippen LogP contribution in [0.4, 0.5) is 5.69 Å². The average Bonchev–Trinajstić information content (AvgIpc) is 2.49. The summed E-state index contributed by atoms with van der Waals surface area (Å²) in [6.07, 6.45) is 1.31. The molecule has 0 radical (unpaired) electrons. The summed E-state index contributed by atoms with van der Waals surface area (Å²) in [5.41, 5.74) is 8.46. The van der Waals surface area contributed by atoms with Gasteiger partial charge in [-0.25, -0.2) is 4.98 Å². The number of nitrogens with two attached hydrogens (primary N) is 1. The van der Waals surface area contributed by atoms with E-state index in [-0.39, 0.29) is 11.6 Å². The van der Waals surface area contributed by atoms with Crippen LogP contribution in [0, 0.1) is 0 Å². The van der Waals surface area contributed by atoms with Gasteiger partial charge < -0.3 is 5.73 Å². The molecule has 3 rings (SSSR count). The summed E-state index contributed by atoms with van der Waals surface area (Å²) in [7, 11) is 0. The highest BCUT2D eigenvalue weighted by atomic mass is 35.5. The van der Waals surface area contributed by atoms with Crippen molar-refractivity contribution in [3.63, 3.8) is 0 Å². The highest BCUT2D eigenvalue weighted by molar-refractivity contribution is 6.33. The Balaban J connectivity index is 2.29. The van der Waals surface area contributed by atoms with Crippen LogP contribution in [0.5, 0.6) is 0 Å². The first-order valence-corrected chi connectivity index (χ1v) is 6.97. The standard InChI is InChI=1S/C16H14ClN3O/c1-10(11-5-3-2-4-6-11)20-15-7-12(17)13(18)8-14(15)19-9-16(20)21/h2-10H,18H2,1H3/t10-/m0/s1. The Labute approximate surface area is 126 Å². The lowest BCUT2D eigenvalue weighted by Gasteiger charge is -2.18. The molecule has 3 aromatic rings. The van der Waals surface area contributed by atoms with E-state index < -0.39 is 0 Å². The van der Waals surface area contributed by atoms with Crippen LogP contribution in [0.3, 0.4) is 0 Å². The summed E-state index contributed by atoms with van der Waals surface area (Å²) in [6.45, 7) is 1.97. The van der Waals surface area contributed by atoms with Crippen molar-refractivity contribution < 1.29 is 0 Å². The SMILES string of the molecule is C[C@@H](c1ccccc1)n1c(=O)cnc2cc(N)c(Cl)cc21. The summed E-state index contributed by atoms with van der Waals surface area (Å²) in [4.78, 5) is 16.4. The number of hydrogen-bond donors (Lipinski definition) is 1. The van der Waals surface area contributed by atoms with Gasteiger partial charge in [0, 0.05) is 0 Å². The van der Waals surface area contributed by atoms with E-state index in [2.05, 4.69) is 4.98 Å². The van der Waals surface area contributed by atoms with Crippen molar-refractivity contribution in [3.05, 3.63) is 69.6 Å². The Hall–Kier alpha value is -2.33. The van der Waals surface area contributed by atoms with Gasteiger partial charge in [0.2, 0.25) is 0 Å². The largest absolute Gasteiger partial charge is 0.397 e. The molecule has 1 heterocycles. The van der Waals surface area contributed by atoms with Gasteiger partial charge in [0.1, 0.15) is 0 Å². The van der Waals surface area contributed by atoms with Crippen LogP contribution < -0.4 is 11.3 Å². The van der Waals surface area contributed by atoms with Crippen LogP contribution in [0.25, 0.3) is 11.0 Å². The van der Waals surface area contributed by atoms with E-state index in [1.807, 2.05) is 37.3 Å². The van der Waals surface area contributed by atoms with E-state index in [9.17, 15) is 4.79 Å². The number of nitrogens with zero attached hydrogens (tertiary/aromatic N) is 2. The number of fused-ring (bicyclic) bond motifs is 1. The van der Waals surface area contributed by atoms with Gasteiger partial charge in [-0.05, 0) is 24.6 Å². The molecule has 21 heavy (non-hydrogen) atoms. The third-order valence-corrected chi connectivity index (χ3v) is 3.90. The molecule has 0 amide bonds. The van der Waals surface area contributed by atoms with Crippen molar-refractivity contribution in [2.24, 2.45) is 0 Å². The van der Waals surface area contributed by atoms with Gasteiger partial charge in [0.25, 0.3) is 5.56 Å². The fourth-order valence-corrected chi connectivity index (χ4v) is 2.61. The Morgan fingerprint density at radius 2 is 1.95 bits per heavy atom. The minimum Gasteiger partial charge on any atom is -0.397 e. The number of aromatic nitrogens is 2. The smallest absolute Gasteiger partial charge is 0.270 e. The van der Waals surface area contributed by atoms with E-state index >= 15 is 0 Å². The van der Waals surface area contributed by atoms with Crippen LogP contribution in [-0.4, -0.2) is 9.55 Å². The second-order valence-corrected chi connectivity index (χ2v) is 5.32. The van der Waals surface area contributed by atoms with Gasteiger partial charge in [-0.15, -0.1) is 0 Å². The lowest BCUT2D eigenvalue weighted by molar-refractivity contribution is 0.635. The van der Waals surface area contributed by atoms with Crippen molar-refractivity contribution in [1.29, 1.82) is 0 Å². The van der Waals surface area contributed by atoms with E-state index in [0.29, 0.717) is 21.7 Å². The van der Waals surface area contributed by atoms with Crippen LogP contribution in [0.2, 0.25) is 5.02 Å². The van der Waals surface area contributed by atoms with Gasteiger partial charge in [0.15, 0.2) is 0 Å². The molecule has 0 unspecified atom stereocenters. The number of anilines is 1. The predicted octanol–water partition coefficient (Wildman–Crippen LogP) is 3.24. The molecule has 0 aliphatic rings. The fourth-order valence-electron chi connectivity index (χ4n) is 2.45. The number of halogens is 1. The monoisotopic (exact) mass is 299 g/mol. The molecule has 106 valence electrons. The molecule has 2 N–H and O–H groups in total. The summed E-state index contributed by atoms with van der Waals surface area (Å²) in [5, 5.41) is 0.420. The first-order chi connectivity index (χ1) is 10.1. The number of nitrogen functional groups attached to an aromatic ring is 1. The Morgan fingerprint density at radius 1 is 1.24 bits per heavy atom. The van der Waals surface area contributed by atoms with Crippen LogP contribution in [0.1, 0.15) is 18.5 Å². The summed E-state index contributed by atoms with van der Waals surface area (Å²) >= 11 is 6.09. The lowest BCUT2D eigenvalue weighted by atomic mass is 10.1. The van der Waals surface area contributed by atoms with Crippen molar-refractivity contribution in [1.82, 2.24) is 9.55 Å². The Kier molecular flexibility index (Phi) is 3.39. The zero-order chi connectivity index (χ0) is 15.0. The van der Waals surface area contributed by atoms with Crippen molar-refractivity contribution in [3.8, 4) is 0 Å². The lowest BCUT2D eigenvalue weighted by Crippen LogP contribution is -2.24. The maximum Gasteiger partial charge on any atom is 0.270 e. The van der Waals surface area contributed by atoms with E-state index in [0.717, 1.165) is 5.56 Å². The van der Waals surface area contributed by atoms with E-state index in [1.165, 1.54) is 6.20 Å². The van der Waals surface area contributed by atoms with Crippen molar-refractivity contribution >= 4 is 28.3 Å². The minimum absolute atomic E-state index is 0.121. The van der Waals surface area contributed by atoms with E-state index in [1.54, 1.807) is 16.7 Å². The maximum atomic E-state index is 12.3. The van der Waals surface area contributed by atoms with Gasteiger partial charge >= 0.3 is 0 Å². The molecule has 2 aromatic carbocycles. The molecule has 1 atom stereocenters. The fraction of sp³-hybridized carbons (Fsp3) is 0.125. The molecule has 0 saturated heterocycles. The van der Waals surface area contributed by atoms with Crippen LogP contribution in [-0.2, 0) is 0 Å². The van der Waals surface area contributed by atoms with Gasteiger partial charge in [-0.3, -0.25) is 9.36 Å². The molecule has 0 saturated carbocycles. The molecule has 0 aliphatic heterocycles. The number of benzene rings is 2. The predicted molar refractivity (Wildman–Crippen MR) is 85.7 cm³/mol. The third kappa shape index (κ3) is 2.38. The van der Waals surface area contributed by atoms with Crippen LogP contribution in [0.15, 0.2) is 53.5 Å². The second-order valence-electron chi connectivity index (χ2n) is 4.92. The zero-order valence-corrected chi connectivity index (χ0v) is 12.2. The normalized spacial score (nSPS) is 12.5.